The van der Waals surface area contributed by atoms with Crippen LogP contribution in [-0.2, 0) is 35.2 Å². The molecule has 0 bridgehead atoms. The number of nitrogens with zero attached hydrogens (tertiary/aromatic N) is 1. The zero-order valence-electron chi connectivity index (χ0n) is 17.1. The molecule has 0 spiro atoms. The average Bonchev–Trinajstić information content (AvgIpc) is 2.75. The number of carbonyl (C=O) groups excluding carboxylic acids is 4. The molecule has 0 aliphatic carbocycles. The number of benzene rings is 2. The maximum Gasteiger partial charge on any atom is 0.397 e. The first kappa shape index (κ1) is 24.8. The van der Waals surface area contributed by atoms with Crippen LogP contribution in [0.1, 0.15) is 19.4 Å². The van der Waals surface area contributed by atoms with E-state index in [0.29, 0.717) is 6.54 Å². The van der Waals surface area contributed by atoms with Gasteiger partial charge in [0, 0.05) is 13.6 Å². The SMILES string of the molecule is CCOC(=O)C(=O)Cl.CCOC(=O)C(=O)N(C)Cc1ccccc1-c1ccccc1. The molecule has 2 aromatic rings. The highest BCUT2D eigenvalue weighted by atomic mass is 35.5. The Morgan fingerprint density at radius 3 is 1.90 bits per heavy atom. The highest BCUT2D eigenvalue weighted by Gasteiger charge is 2.20. The summed E-state index contributed by atoms with van der Waals surface area (Å²) in [5, 5.41) is -1.08. The van der Waals surface area contributed by atoms with E-state index in [1.54, 1.807) is 20.9 Å². The predicted octanol–water partition coefficient (Wildman–Crippen LogP) is 3.19. The van der Waals surface area contributed by atoms with Crippen LogP contribution < -0.4 is 0 Å². The van der Waals surface area contributed by atoms with E-state index >= 15 is 0 Å². The van der Waals surface area contributed by atoms with E-state index in [0.717, 1.165) is 16.7 Å². The second-order valence-electron chi connectivity index (χ2n) is 5.90. The van der Waals surface area contributed by atoms with E-state index in [-0.39, 0.29) is 13.2 Å². The number of ether oxygens (including phenoxy) is 2. The van der Waals surface area contributed by atoms with Crippen molar-refractivity contribution in [3.63, 3.8) is 0 Å². The number of carbonyl (C=O) groups is 4. The first-order valence-corrected chi connectivity index (χ1v) is 9.61. The van der Waals surface area contributed by atoms with Gasteiger partial charge in [-0.3, -0.25) is 9.59 Å². The highest BCUT2D eigenvalue weighted by Crippen LogP contribution is 2.24. The predicted molar refractivity (Wildman–Crippen MR) is 112 cm³/mol. The standard InChI is InChI=1S/C18H19NO3.C4H5ClO3/c1-3-22-18(21)17(20)19(2)13-15-11-7-8-12-16(15)14-9-5-4-6-10-14;1-2-8-4(7)3(5)6/h4-12H,3,13H2,1-2H3;2H2,1H3. The van der Waals surface area contributed by atoms with Gasteiger partial charge in [0.15, 0.2) is 0 Å². The molecule has 0 atom stereocenters. The average molecular weight is 434 g/mol. The summed E-state index contributed by atoms with van der Waals surface area (Å²) in [7, 11) is 1.60. The van der Waals surface area contributed by atoms with E-state index in [1.165, 1.54) is 4.90 Å². The van der Waals surface area contributed by atoms with Gasteiger partial charge in [-0.2, -0.15) is 0 Å². The molecule has 0 radical (unpaired) electrons. The van der Waals surface area contributed by atoms with Crippen molar-refractivity contribution in [2.75, 3.05) is 20.3 Å². The summed E-state index contributed by atoms with van der Waals surface area (Å²) in [6.07, 6.45) is 0. The largest absolute Gasteiger partial charge is 0.459 e. The molecular weight excluding hydrogens is 410 g/mol. The van der Waals surface area contributed by atoms with Crippen molar-refractivity contribution in [2.24, 2.45) is 0 Å². The molecule has 8 heteroatoms. The Bertz CT molecular complexity index is 869. The normalized spacial score (nSPS) is 9.60. The monoisotopic (exact) mass is 433 g/mol. The number of likely N-dealkylation sites (N-methyl/N-ethyl adjacent to an activating group) is 1. The van der Waals surface area contributed by atoms with Gasteiger partial charge in [0.1, 0.15) is 0 Å². The van der Waals surface area contributed by atoms with Crippen molar-refractivity contribution in [3.05, 3.63) is 60.2 Å². The lowest BCUT2D eigenvalue weighted by Crippen LogP contribution is -2.34. The van der Waals surface area contributed by atoms with Gasteiger partial charge >= 0.3 is 23.1 Å². The molecule has 0 aliphatic heterocycles. The molecule has 0 heterocycles. The minimum absolute atomic E-state index is 0.178. The molecule has 7 nitrogen and oxygen atoms in total. The third-order valence-corrected chi connectivity index (χ3v) is 3.90. The Kier molecular flexibility index (Phi) is 10.9. The smallest absolute Gasteiger partial charge is 0.397 e. The number of halogens is 1. The van der Waals surface area contributed by atoms with Crippen LogP contribution in [0.25, 0.3) is 11.1 Å². The molecule has 30 heavy (non-hydrogen) atoms. The van der Waals surface area contributed by atoms with Crippen molar-refractivity contribution in [1.29, 1.82) is 0 Å². The van der Waals surface area contributed by atoms with Crippen LogP contribution in [0.5, 0.6) is 0 Å². The fourth-order valence-corrected chi connectivity index (χ4v) is 2.48. The minimum Gasteiger partial charge on any atom is -0.459 e. The summed E-state index contributed by atoms with van der Waals surface area (Å²) >= 11 is 4.69. The molecule has 0 fully saturated rings. The van der Waals surface area contributed by atoms with E-state index < -0.39 is 23.1 Å². The summed E-state index contributed by atoms with van der Waals surface area (Å²) in [5.41, 5.74) is 3.11. The summed E-state index contributed by atoms with van der Waals surface area (Å²) in [5.74, 6) is -2.44. The van der Waals surface area contributed by atoms with Gasteiger partial charge in [-0.05, 0) is 42.1 Å². The molecule has 0 saturated carbocycles. The fraction of sp³-hybridized carbons (Fsp3) is 0.273. The van der Waals surface area contributed by atoms with Gasteiger partial charge in [0.2, 0.25) is 0 Å². The highest BCUT2D eigenvalue weighted by molar-refractivity contribution is 6.80. The summed E-state index contributed by atoms with van der Waals surface area (Å²) < 4.78 is 8.93. The Morgan fingerprint density at radius 1 is 0.833 bits per heavy atom. The van der Waals surface area contributed by atoms with Crippen LogP contribution in [0.2, 0.25) is 0 Å². The summed E-state index contributed by atoms with van der Waals surface area (Å²) in [6.45, 7) is 3.99. The first-order valence-electron chi connectivity index (χ1n) is 9.23. The van der Waals surface area contributed by atoms with Gasteiger partial charge in [-0.1, -0.05) is 54.6 Å². The van der Waals surface area contributed by atoms with E-state index in [9.17, 15) is 19.2 Å². The van der Waals surface area contributed by atoms with Crippen LogP contribution in [0.4, 0.5) is 0 Å². The number of esters is 2. The number of amides is 1. The lowest BCUT2D eigenvalue weighted by molar-refractivity contribution is -0.159. The summed E-state index contributed by atoms with van der Waals surface area (Å²) in [4.78, 5) is 44.7. The second-order valence-corrected chi connectivity index (χ2v) is 6.24. The third kappa shape index (κ3) is 8.05. The van der Waals surface area contributed by atoms with Crippen LogP contribution in [0, 0.1) is 0 Å². The zero-order chi connectivity index (χ0) is 22.5. The fourth-order valence-electron chi connectivity index (χ4n) is 2.42. The van der Waals surface area contributed by atoms with Crippen molar-refractivity contribution in [3.8, 4) is 11.1 Å². The lowest BCUT2D eigenvalue weighted by atomic mass is 9.99. The first-order chi connectivity index (χ1) is 14.3. The van der Waals surface area contributed by atoms with Gasteiger partial charge < -0.3 is 14.4 Å². The maximum atomic E-state index is 11.9. The Balaban J connectivity index is 0.000000479. The molecular formula is C22H24ClNO6. The maximum absolute atomic E-state index is 11.9. The molecule has 0 aliphatic rings. The molecule has 160 valence electrons. The second kappa shape index (κ2) is 13.1. The molecule has 0 saturated heterocycles. The van der Waals surface area contributed by atoms with Gasteiger partial charge in [0.05, 0.1) is 13.2 Å². The molecule has 2 rings (SSSR count). The van der Waals surface area contributed by atoms with Crippen molar-refractivity contribution < 1.29 is 28.7 Å². The van der Waals surface area contributed by atoms with Gasteiger partial charge in [-0.15, -0.1) is 0 Å². The minimum atomic E-state index is -1.08. The third-order valence-electron chi connectivity index (χ3n) is 3.74. The Hall–Kier alpha value is -3.19. The van der Waals surface area contributed by atoms with E-state index in [1.807, 2.05) is 54.6 Å². The van der Waals surface area contributed by atoms with Crippen molar-refractivity contribution >= 4 is 34.7 Å². The lowest BCUT2D eigenvalue weighted by Gasteiger charge is -2.18. The van der Waals surface area contributed by atoms with Crippen LogP contribution >= 0.6 is 11.6 Å². The van der Waals surface area contributed by atoms with Gasteiger partial charge in [-0.25, -0.2) is 9.59 Å². The molecule has 0 N–H and O–H groups in total. The van der Waals surface area contributed by atoms with Crippen LogP contribution in [0.15, 0.2) is 54.6 Å². The van der Waals surface area contributed by atoms with E-state index in [2.05, 4.69) is 4.74 Å². The Morgan fingerprint density at radius 2 is 1.37 bits per heavy atom. The van der Waals surface area contributed by atoms with Gasteiger partial charge in [0.25, 0.3) is 0 Å². The molecule has 0 unspecified atom stereocenters. The van der Waals surface area contributed by atoms with Crippen molar-refractivity contribution in [1.82, 2.24) is 4.90 Å². The quantitative estimate of drug-likeness (QED) is 0.395. The molecule has 2 aromatic carbocycles. The summed E-state index contributed by atoms with van der Waals surface area (Å²) in [6, 6.07) is 17.8. The van der Waals surface area contributed by atoms with E-state index in [4.69, 9.17) is 16.3 Å². The number of hydrogen-bond acceptors (Lipinski definition) is 6. The topological polar surface area (TPSA) is 90.0 Å². The molecule has 0 aromatic heterocycles. The van der Waals surface area contributed by atoms with Crippen LogP contribution in [-0.4, -0.2) is 48.2 Å². The zero-order valence-corrected chi connectivity index (χ0v) is 17.8. The van der Waals surface area contributed by atoms with Crippen LogP contribution in [0.3, 0.4) is 0 Å². The number of hydrogen-bond donors (Lipinski definition) is 0. The Labute approximate surface area is 180 Å². The number of rotatable bonds is 6. The molecule has 1 amide bonds. The van der Waals surface area contributed by atoms with Crippen molar-refractivity contribution in [2.45, 2.75) is 20.4 Å².